The van der Waals surface area contributed by atoms with Crippen molar-refractivity contribution < 1.29 is 5.11 Å². The number of nitrogens with zero attached hydrogens (tertiary/aromatic N) is 5. The van der Waals surface area contributed by atoms with Gasteiger partial charge in [-0.25, -0.2) is 4.98 Å². The minimum atomic E-state index is -0.591. The van der Waals surface area contributed by atoms with Crippen molar-refractivity contribution in [3.8, 4) is 0 Å². The van der Waals surface area contributed by atoms with Crippen LogP contribution >= 0.6 is 24.0 Å². The van der Waals surface area contributed by atoms with Crippen LogP contribution in [0.2, 0.25) is 0 Å². The summed E-state index contributed by atoms with van der Waals surface area (Å²) in [5.41, 5.74) is -0.591. The number of hydrogen-bond acceptors (Lipinski definition) is 4. The second-order valence-electron chi connectivity index (χ2n) is 5.40. The van der Waals surface area contributed by atoms with Crippen LogP contribution in [-0.2, 0) is 13.6 Å². The predicted octanol–water partition coefficient (Wildman–Crippen LogP) is 0.745. The summed E-state index contributed by atoms with van der Waals surface area (Å²) in [5, 5.41) is 17.4. The highest BCUT2D eigenvalue weighted by atomic mass is 127. The molecule has 0 aromatic carbocycles. The van der Waals surface area contributed by atoms with Gasteiger partial charge in [-0.2, -0.15) is 5.10 Å². The van der Waals surface area contributed by atoms with E-state index in [0.29, 0.717) is 13.1 Å². The van der Waals surface area contributed by atoms with Gasteiger partial charge in [-0.1, -0.05) is 0 Å². The molecule has 0 spiro atoms. The van der Waals surface area contributed by atoms with Gasteiger partial charge in [0.2, 0.25) is 0 Å². The normalized spacial score (nSPS) is 16.9. The fourth-order valence-corrected chi connectivity index (χ4v) is 2.19. The maximum Gasteiger partial charge on any atom is 0.194 e. The molecule has 2 rings (SSSR count). The lowest BCUT2D eigenvalue weighted by atomic mass is 9.80. The van der Waals surface area contributed by atoms with Crippen LogP contribution in [0.15, 0.2) is 11.3 Å². The van der Waals surface area contributed by atoms with Crippen molar-refractivity contribution in [3.63, 3.8) is 0 Å². The Hall–Kier alpha value is -0.900. The zero-order valence-corrected chi connectivity index (χ0v) is 15.2. The average Bonchev–Trinajstić information content (AvgIpc) is 2.78. The highest BCUT2D eigenvalue weighted by molar-refractivity contribution is 14.0. The Morgan fingerprint density at radius 2 is 2.29 bits per heavy atom. The predicted molar refractivity (Wildman–Crippen MR) is 92.7 cm³/mol. The van der Waals surface area contributed by atoms with E-state index in [1.807, 2.05) is 25.9 Å². The maximum atomic E-state index is 10.1. The number of aliphatic hydroxyl groups is 1. The molecule has 1 fully saturated rings. The number of rotatable bonds is 5. The van der Waals surface area contributed by atoms with E-state index in [9.17, 15) is 5.11 Å². The van der Waals surface area contributed by atoms with E-state index in [4.69, 9.17) is 0 Å². The molecule has 0 aliphatic heterocycles. The van der Waals surface area contributed by atoms with Crippen LogP contribution in [0.25, 0.3) is 0 Å². The molecule has 0 bridgehead atoms. The molecule has 1 heterocycles. The highest BCUT2D eigenvalue weighted by Crippen LogP contribution is 2.31. The molecule has 0 radical (unpaired) electrons. The zero-order valence-electron chi connectivity index (χ0n) is 12.9. The quantitative estimate of drug-likeness (QED) is 0.427. The molecule has 1 aliphatic carbocycles. The molecule has 1 aliphatic rings. The zero-order chi connectivity index (χ0) is 14.6. The average molecular weight is 408 g/mol. The molecule has 7 nitrogen and oxygen atoms in total. The molecule has 0 amide bonds. The van der Waals surface area contributed by atoms with Crippen molar-refractivity contribution >= 4 is 29.9 Å². The summed E-state index contributed by atoms with van der Waals surface area (Å²) in [4.78, 5) is 10.7. The molecule has 1 aromatic heterocycles. The van der Waals surface area contributed by atoms with Gasteiger partial charge in [0.25, 0.3) is 0 Å². The third-order valence-electron chi connectivity index (χ3n) is 3.69. The molecule has 2 N–H and O–H groups in total. The third-order valence-corrected chi connectivity index (χ3v) is 3.69. The number of halogens is 1. The first kappa shape index (κ1) is 18.1. The Morgan fingerprint density at radius 3 is 2.76 bits per heavy atom. The van der Waals surface area contributed by atoms with E-state index in [1.54, 1.807) is 11.0 Å². The molecular weight excluding hydrogens is 383 g/mol. The summed E-state index contributed by atoms with van der Waals surface area (Å²) in [5.74, 6) is 1.66. The summed E-state index contributed by atoms with van der Waals surface area (Å²) in [6.07, 6.45) is 4.34. The summed E-state index contributed by atoms with van der Waals surface area (Å²) in [6.45, 7) is 3.91. The lowest BCUT2D eigenvalue weighted by Crippen LogP contribution is -2.43. The summed E-state index contributed by atoms with van der Waals surface area (Å²) in [7, 11) is 3.83. The van der Waals surface area contributed by atoms with Crippen LogP contribution in [0.3, 0.4) is 0 Å². The number of aryl methyl sites for hydroxylation is 1. The Balaban J connectivity index is 0.00000220. The van der Waals surface area contributed by atoms with Crippen LogP contribution in [0.1, 0.15) is 32.0 Å². The van der Waals surface area contributed by atoms with Crippen LogP contribution in [0.4, 0.5) is 0 Å². The first-order valence-electron chi connectivity index (χ1n) is 7.09. The fourth-order valence-electron chi connectivity index (χ4n) is 2.19. The van der Waals surface area contributed by atoms with Crippen molar-refractivity contribution in [2.45, 2.75) is 38.3 Å². The minimum Gasteiger partial charge on any atom is -0.388 e. The Bertz CT molecular complexity index is 471. The molecule has 0 unspecified atom stereocenters. The smallest absolute Gasteiger partial charge is 0.194 e. The van der Waals surface area contributed by atoms with Gasteiger partial charge in [-0.05, 0) is 26.2 Å². The topological polar surface area (TPSA) is 78.6 Å². The SMILES string of the molecule is CCNC(=NCC1(O)CCC1)N(C)Cc1ncnn1C.I. The molecule has 1 saturated carbocycles. The van der Waals surface area contributed by atoms with Crippen LogP contribution in [0, 0.1) is 0 Å². The fraction of sp³-hybridized carbons (Fsp3) is 0.769. The van der Waals surface area contributed by atoms with Gasteiger partial charge in [0.1, 0.15) is 12.2 Å². The Kier molecular flexibility index (Phi) is 6.85. The van der Waals surface area contributed by atoms with Crippen molar-refractivity contribution in [2.24, 2.45) is 12.0 Å². The van der Waals surface area contributed by atoms with E-state index in [1.165, 1.54) is 0 Å². The van der Waals surface area contributed by atoms with E-state index in [0.717, 1.165) is 37.6 Å². The second kappa shape index (κ2) is 7.92. The second-order valence-corrected chi connectivity index (χ2v) is 5.40. The summed E-state index contributed by atoms with van der Waals surface area (Å²) >= 11 is 0. The van der Waals surface area contributed by atoms with Crippen molar-refractivity contribution in [1.82, 2.24) is 25.0 Å². The maximum absolute atomic E-state index is 10.1. The van der Waals surface area contributed by atoms with Gasteiger partial charge in [0, 0.05) is 20.6 Å². The van der Waals surface area contributed by atoms with Gasteiger partial charge in [-0.3, -0.25) is 9.67 Å². The number of aliphatic imine (C=N–C) groups is 1. The standard InChI is InChI=1S/C13H24N6O.HI/c1-4-14-12(15-9-13(20)6-5-7-13)18(2)8-11-16-10-17-19(11)3;/h10,20H,4-9H2,1-3H3,(H,14,15);1H. The highest BCUT2D eigenvalue weighted by Gasteiger charge is 2.34. The van der Waals surface area contributed by atoms with E-state index < -0.39 is 5.60 Å². The van der Waals surface area contributed by atoms with E-state index in [-0.39, 0.29) is 24.0 Å². The van der Waals surface area contributed by atoms with Gasteiger partial charge >= 0.3 is 0 Å². The van der Waals surface area contributed by atoms with Crippen molar-refractivity contribution in [3.05, 3.63) is 12.2 Å². The molecule has 120 valence electrons. The first-order chi connectivity index (χ1) is 9.54. The van der Waals surface area contributed by atoms with Crippen LogP contribution in [0.5, 0.6) is 0 Å². The summed E-state index contributed by atoms with van der Waals surface area (Å²) in [6, 6.07) is 0. The Labute approximate surface area is 142 Å². The molecule has 21 heavy (non-hydrogen) atoms. The summed E-state index contributed by atoms with van der Waals surface area (Å²) < 4.78 is 1.75. The van der Waals surface area contributed by atoms with Crippen molar-refractivity contribution in [2.75, 3.05) is 20.1 Å². The number of hydrogen-bond donors (Lipinski definition) is 2. The van der Waals surface area contributed by atoms with Crippen molar-refractivity contribution in [1.29, 1.82) is 0 Å². The lowest BCUT2D eigenvalue weighted by molar-refractivity contribution is -0.0237. The van der Waals surface area contributed by atoms with Gasteiger partial charge in [0.05, 0.1) is 18.7 Å². The number of guanidine groups is 1. The number of nitrogens with one attached hydrogen (secondary N) is 1. The minimum absolute atomic E-state index is 0. The first-order valence-corrected chi connectivity index (χ1v) is 7.09. The lowest BCUT2D eigenvalue weighted by Gasteiger charge is -2.35. The van der Waals surface area contributed by atoms with Gasteiger partial charge in [-0.15, -0.1) is 24.0 Å². The van der Waals surface area contributed by atoms with Crippen LogP contribution in [-0.4, -0.2) is 56.5 Å². The largest absolute Gasteiger partial charge is 0.388 e. The molecule has 1 aromatic rings. The monoisotopic (exact) mass is 408 g/mol. The van der Waals surface area contributed by atoms with E-state index >= 15 is 0 Å². The molecular formula is C13H25IN6O. The van der Waals surface area contributed by atoms with E-state index in [2.05, 4.69) is 20.4 Å². The number of aromatic nitrogens is 3. The Morgan fingerprint density at radius 1 is 1.57 bits per heavy atom. The van der Waals surface area contributed by atoms with Gasteiger partial charge in [0.15, 0.2) is 5.96 Å². The van der Waals surface area contributed by atoms with Crippen LogP contribution < -0.4 is 5.32 Å². The van der Waals surface area contributed by atoms with Gasteiger partial charge < -0.3 is 15.3 Å². The molecule has 0 saturated heterocycles. The molecule has 0 atom stereocenters. The molecule has 8 heteroatoms. The third kappa shape index (κ3) is 4.80.